The molecule has 3 N–H and O–H groups in total. The number of rotatable bonds is 3. The van der Waals surface area contributed by atoms with Crippen LogP contribution in [0.1, 0.15) is 10.4 Å². The highest BCUT2D eigenvalue weighted by Crippen LogP contribution is 2.23. The van der Waals surface area contributed by atoms with Gasteiger partial charge in [0, 0.05) is 38.3 Å². The van der Waals surface area contributed by atoms with Gasteiger partial charge in [0.1, 0.15) is 0 Å². The van der Waals surface area contributed by atoms with Crippen molar-refractivity contribution < 1.29 is 9.72 Å². The highest BCUT2D eigenvalue weighted by atomic mass is 16.6. The summed E-state index contributed by atoms with van der Waals surface area (Å²) in [5, 5.41) is 10.8. The van der Waals surface area contributed by atoms with Gasteiger partial charge in [-0.25, -0.2) is 0 Å². The molecular formula is C12H17N5O3. The van der Waals surface area contributed by atoms with E-state index < -0.39 is 4.92 Å². The van der Waals surface area contributed by atoms with Crippen molar-refractivity contribution in [3.63, 3.8) is 0 Å². The molecule has 0 saturated carbocycles. The molecule has 0 spiro atoms. The standard InChI is InChI=1S/C12H17N5O3/c1-15-4-6-16(7-5-15)12(18)10-8-9(17(19)20)2-3-11(10)14-13/h2-3,8,14H,4-7,13H2,1H3. The molecule has 1 saturated heterocycles. The molecule has 1 aromatic rings. The van der Waals surface area contributed by atoms with Crippen molar-refractivity contribution in [3.05, 3.63) is 33.9 Å². The highest BCUT2D eigenvalue weighted by molar-refractivity contribution is 6.00. The number of hydrogen-bond acceptors (Lipinski definition) is 6. The molecule has 1 aliphatic rings. The number of non-ortho nitro benzene ring substituents is 1. The van der Waals surface area contributed by atoms with Crippen molar-refractivity contribution in [2.45, 2.75) is 0 Å². The number of nitro groups is 1. The third kappa shape index (κ3) is 2.86. The number of anilines is 1. The van der Waals surface area contributed by atoms with Gasteiger partial charge in [-0.3, -0.25) is 20.8 Å². The van der Waals surface area contributed by atoms with Crippen LogP contribution >= 0.6 is 0 Å². The number of amides is 1. The molecule has 1 aromatic carbocycles. The van der Waals surface area contributed by atoms with Crippen molar-refractivity contribution in [1.82, 2.24) is 9.80 Å². The number of likely N-dealkylation sites (N-methyl/N-ethyl adjacent to an activating group) is 1. The van der Waals surface area contributed by atoms with Gasteiger partial charge < -0.3 is 15.2 Å². The normalized spacial score (nSPS) is 16.0. The maximum atomic E-state index is 12.5. The van der Waals surface area contributed by atoms with E-state index in [0.717, 1.165) is 13.1 Å². The Morgan fingerprint density at radius 2 is 2.00 bits per heavy atom. The lowest BCUT2D eigenvalue weighted by Crippen LogP contribution is -2.47. The number of nitrogens with two attached hydrogens (primary N) is 1. The van der Waals surface area contributed by atoms with Crippen molar-refractivity contribution in [3.8, 4) is 0 Å². The summed E-state index contributed by atoms with van der Waals surface area (Å²) in [6.07, 6.45) is 0. The second kappa shape index (κ2) is 5.85. The van der Waals surface area contributed by atoms with E-state index in [0.29, 0.717) is 18.8 Å². The molecule has 1 fully saturated rings. The van der Waals surface area contributed by atoms with Gasteiger partial charge in [-0.2, -0.15) is 0 Å². The molecule has 108 valence electrons. The molecular weight excluding hydrogens is 262 g/mol. The molecule has 0 aliphatic carbocycles. The lowest BCUT2D eigenvalue weighted by molar-refractivity contribution is -0.384. The number of nitrogens with zero attached hydrogens (tertiary/aromatic N) is 3. The van der Waals surface area contributed by atoms with Gasteiger partial charge >= 0.3 is 0 Å². The summed E-state index contributed by atoms with van der Waals surface area (Å²) in [7, 11) is 1.99. The van der Waals surface area contributed by atoms with Gasteiger partial charge in [0.2, 0.25) is 0 Å². The molecule has 0 atom stereocenters. The number of carbonyl (C=O) groups is 1. The van der Waals surface area contributed by atoms with Crippen LogP contribution in [0, 0.1) is 10.1 Å². The fourth-order valence-corrected chi connectivity index (χ4v) is 2.13. The average molecular weight is 279 g/mol. The number of carbonyl (C=O) groups excluding carboxylic acids is 1. The molecule has 20 heavy (non-hydrogen) atoms. The summed E-state index contributed by atoms with van der Waals surface area (Å²) in [4.78, 5) is 26.5. The number of hydrazine groups is 1. The first-order valence-electron chi connectivity index (χ1n) is 6.26. The quantitative estimate of drug-likeness (QED) is 0.467. The summed E-state index contributed by atoms with van der Waals surface area (Å²) in [5.41, 5.74) is 2.90. The van der Waals surface area contributed by atoms with Crippen LogP contribution < -0.4 is 11.3 Å². The molecule has 1 aliphatic heterocycles. The Morgan fingerprint density at radius 3 is 2.55 bits per heavy atom. The van der Waals surface area contributed by atoms with Gasteiger partial charge in [0.15, 0.2) is 0 Å². The topological polar surface area (TPSA) is 105 Å². The lowest BCUT2D eigenvalue weighted by atomic mass is 10.1. The van der Waals surface area contributed by atoms with Gasteiger partial charge in [0.05, 0.1) is 16.2 Å². The van der Waals surface area contributed by atoms with E-state index in [1.165, 1.54) is 18.2 Å². The highest BCUT2D eigenvalue weighted by Gasteiger charge is 2.24. The SMILES string of the molecule is CN1CCN(C(=O)c2cc([N+](=O)[O-])ccc2NN)CC1. The second-order valence-electron chi connectivity index (χ2n) is 4.73. The fourth-order valence-electron chi connectivity index (χ4n) is 2.13. The predicted molar refractivity (Wildman–Crippen MR) is 74.3 cm³/mol. The molecule has 8 nitrogen and oxygen atoms in total. The molecule has 2 rings (SSSR count). The zero-order chi connectivity index (χ0) is 14.7. The van der Waals surface area contributed by atoms with Crippen molar-refractivity contribution in [2.24, 2.45) is 5.84 Å². The van der Waals surface area contributed by atoms with Crippen LogP contribution in [0.2, 0.25) is 0 Å². The Labute approximate surface area is 116 Å². The first-order valence-corrected chi connectivity index (χ1v) is 6.26. The summed E-state index contributed by atoms with van der Waals surface area (Å²) in [6.45, 7) is 2.77. The number of piperazine rings is 1. The number of nitrogens with one attached hydrogen (secondary N) is 1. The average Bonchev–Trinajstić information content (AvgIpc) is 2.46. The van der Waals surface area contributed by atoms with Crippen molar-refractivity contribution >= 4 is 17.3 Å². The fraction of sp³-hybridized carbons (Fsp3) is 0.417. The summed E-state index contributed by atoms with van der Waals surface area (Å²) in [5.74, 6) is 5.13. The monoisotopic (exact) mass is 279 g/mol. The number of hydrogen-bond donors (Lipinski definition) is 2. The molecule has 1 heterocycles. The minimum absolute atomic E-state index is 0.124. The third-order valence-corrected chi connectivity index (χ3v) is 3.39. The van der Waals surface area contributed by atoms with Crippen LogP contribution in [0.5, 0.6) is 0 Å². The van der Waals surface area contributed by atoms with E-state index in [4.69, 9.17) is 5.84 Å². The summed E-state index contributed by atoms with van der Waals surface area (Å²) >= 11 is 0. The Hall–Kier alpha value is -2.19. The van der Waals surface area contributed by atoms with Gasteiger partial charge in [-0.15, -0.1) is 0 Å². The minimum atomic E-state index is -0.527. The lowest BCUT2D eigenvalue weighted by Gasteiger charge is -2.32. The van der Waals surface area contributed by atoms with E-state index in [1.807, 2.05) is 7.05 Å². The number of nitrogen functional groups attached to an aromatic ring is 1. The van der Waals surface area contributed by atoms with E-state index in [2.05, 4.69) is 10.3 Å². The van der Waals surface area contributed by atoms with Crippen LogP contribution in [0.25, 0.3) is 0 Å². The Morgan fingerprint density at radius 1 is 1.35 bits per heavy atom. The van der Waals surface area contributed by atoms with Crippen LogP contribution in [-0.4, -0.2) is 53.9 Å². The maximum Gasteiger partial charge on any atom is 0.270 e. The molecule has 0 aromatic heterocycles. The smallest absolute Gasteiger partial charge is 0.270 e. The summed E-state index contributed by atoms with van der Waals surface area (Å²) < 4.78 is 0. The zero-order valence-electron chi connectivity index (χ0n) is 11.2. The molecule has 0 radical (unpaired) electrons. The van der Waals surface area contributed by atoms with Crippen molar-refractivity contribution in [2.75, 3.05) is 38.7 Å². The van der Waals surface area contributed by atoms with Crippen LogP contribution in [0.3, 0.4) is 0 Å². The molecule has 1 amide bonds. The maximum absolute atomic E-state index is 12.5. The number of benzene rings is 1. The predicted octanol–water partition coefficient (Wildman–Crippen LogP) is 0.268. The van der Waals surface area contributed by atoms with Gasteiger partial charge in [-0.05, 0) is 13.1 Å². The zero-order valence-corrected chi connectivity index (χ0v) is 11.2. The van der Waals surface area contributed by atoms with Crippen LogP contribution in [0.15, 0.2) is 18.2 Å². The molecule has 8 heteroatoms. The first kappa shape index (κ1) is 14.2. The van der Waals surface area contributed by atoms with Crippen molar-refractivity contribution in [1.29, 1.82) is 0 Å². The first-order chi connectivity index (χ1) is 9.52. The molecule has 0 bridgehead atoms. The van der Waals surface area contributed by atoms with Gasteiger partial charge in [0.25, 0.3) is 11.6 Å². The third-order valence-electron chi connectivity index (χ3n) is 3.39. The number of nitro benzene ring substituents is 1. The van der Waals surface area contributed by atoms with Crippen LogP contribution in [-0.2, 0) is 0 Å². The van der Waals surface area contributed by atoms with E-state index in [1.54, 1.807) is 4.90 Å². The van der Waals surface area contributed by atoms with E-state index in [-0.39, 0.29) is 17.2 Å². The van der Waals surface area contributed by atoms with E-state index >= 15 is 0 Å². The minimum Gasteiger partial charge on any atom is -0.336 e. The Bertz CT molecular complexity index is 526. The largest absolute Gasteiger partial charge is 0.336 e. The molecule has 0 unspecified atom stereocenters. The van der Waals surface area contributed by atoms with E-state index in [9.17, 15) is 14.9 Å². The Kier molecular flexibility index (Phi) is 4.16. The second-order valence-corrected chi connectivity index (χ2v) is 4.73. The Balaban J connectivity index is 2.27. The summed E-state index contributed by atoms with van der Waals surface area (Å²) in [6, 6.07) is 4.02. The van der Waals surface area contributed by atoms with Crippen LogP contribution in [0.4, 0.5) is 11.4 Å². The van der Waals surface area contributed by atoms with Gasteiger partial charge in [-0.1, -0.05) is 0 Å².